The Labute approximate surface area is 174 Å². The van der Waals surface area contributed by atoms with Crippen LogP contribution >= 0.6 is 0 Å². The summed E-state index contributed by atoms with van der Waals surface area (Å²) in [6, 6.07) is 14.9. The van der Waals surface area contributed by atoms with Gasteiger partial charge in [0.15, 0.2) is 0 Å². The Bertz CT molecular complexity index is 785. The van der Waals surface area contributed by atoms with E-state index in [0.29, 0.717) is 13.1 Å². The number of nitrogens with one attached hydrogen (secondary N) is 1. The molecule has 0 aliphatic heterocycles. The van der Waals surface area contributed by atoms with E-state index in [1.54, 1.807) is 18.9 Å². The molecule has 29 heavy (non-hydrogen) atoms. The zero-order valence-electron chi connectivity index (χ0n) is 17.9. The van der Waals surface area contributed by atoms with E-state index in [-0.39, 0.29) is 18.2 Å². The van der Waals surface area contributed by atoms with Gasteiger partial charge in [-0.15, -0.1) is 0 Å². The van der Waals surface area contributed by atoms with Crippen molar-refractivity contribution in [2.24, 2.45) is 0 Å². The van der Waals surface area contributed by atoms with Gasteiger partial charge in [0.2, 0.25) is 11.8 Å². The van der Waals surface area contributed by atoms with E-state index in [0.717, 1.165) is 35.3 Å². The number of unbranched alkanes of at least 4 members (excludes halogenated alkanes) is 1. The van der Waals surface area contributed by atoms with Crippen LogP contribution in [0.5, 0.6) is 5.75 Å². The van der Waals surface area contributed by atoms with Gasteiger partial charge in [-0.1, -0.05) is 55.3 Å². The lowest BCUT2D eigenvalue weighted by atomic mass is 10.1. The van der Waals surface area contributed by atoms with Crippen LogP contribution in [0.4, 0.5) is 0 Å². The molecule has 0 fully saturated rings. The minimum Gasteiger partial charge on any atom is -0.497 e. The molecule has 0 bridgehead atoms. The van der Waals surface area contributed by atoms with Crippen molar-refractivity contribution in [3.8, 4) is 5.75 Å². The normalized spacial score (nSPS) is 11.6. The van der Waals surface area contributed by atoms with Gasteiger partial charge in [0.05, 0.1) is 13.5 Å². The Hall–Kier alpha value is -2.82. The zero-order chi connectivity index (χ0) is 21.2. The predicted molar refractivity (Wildman–Crippen MR) is 116 cm³/mol. The molecule has 2 aromatic rings. The first kappa shape index (κ1) is 22.5. The van der Waals surface area contributed by atoms with Crippen molar-refractivity contribution in [2.45, 2.75) is 52.6 Å². The smallest absolute Gasteiger partial charge is 0.242 e. The molecule has 5 heteroatoms. The van der Waals surface area contributed by atoms with Crippen molar-refractivity contribution >= 4 is 11.8 Å². The molecular formula is C24H32N2O3. The lowest BCUT2D eigenvalue weighted by molar-refractivity contribution is -0.140. The van der Waals surface area contributed by atoms with Crippen LogP contribution in [0.15, 0.2) is 48.5 Å². The molecule has 0 radical (unpaired) electrons. The first-order chi connectivity index (χ1) is 13.9. The van der Waals surface area contributed by atoms with Gasteiger partial charge in [0.25, 0.3) is 0 Å². The lowest BCUT2D eigenvalue weighted by Gasteiger charge is -2.29. The van der Waals surface area contributed by atoms with E-state index < -0.39 is 6.04 Å². The van der Waals surface area contributed by atoms with Gasteiger partial charge >= 0.3 is 0 Å². The van der Waals surface area contributed by atoms with E-state index in [2.05, 4.69) is 12.2 Å². The van der Waals surface area contributed by atoms with Crippen molar-refractivity contribution in [3.05, 3.63) is 65.2 Å². The van der Waals surface area contributed by atoms with Crippen LogP contribution in [0.2, 0.25) is 0 Å². The topological polar surface area (TPSA) is 58.6 Å². The number of amides is 2. The summed E-state index contributed by atoms with van der Waals surface area (Å²) in [6.45, 7) is 6.89. The van der Waals surface area contributed by atoms with Gasteiger partial charge in [0.1, 0.15) is 11.8 Å². The maximum absolute atomic E-state index is 13.1. The van der Waals surface area contributed by atoms with Crippen LogP contribution in [0, 0.1) is 6.92 Å². The Kier molecular flexibility index (Phi) is 8.71. The van der Waals surface area contributed by atoms with Crippen molar-refractivity contribution in [1.29, 1.82) is 0 Å². The Morgan fingerprint density at radius 1 is 1.03 bits per heavy atom. The molecule has 0 heterocycles. The van der Waals surface area contributed by atoms with Crippen molar-refractivity contribution in [3.63, 3.8) is 0 Å². The largest absolute Gasteiger partial charge is 0.497 e. The first-order valence-corrected chi connectivity index (χ1v) is 10.2. The first-order valence-electron chi connectivity index (χ1n) is 10.2. The summed E-state index contributed by atoms with van der Waals surface area (Å²) < 4.78 is 5.21. The van der Waals surface area contributed by atoms with Gasteiger partial charge < -0.3 is 15.0 Å². The number of benzene rings is 2. The van der Waals surface area contributed by atoms with Crippen molar-refractivity contribution in [2.75, 3.05) is 13.7 Å². The van der Waals surface area contributed by atoms with Crippen molar-refractivity contribution in [1.82, 2.24) is 10.2 Å². The fraction of sp³-hybridized carbons (Fsp3) is 0.417. The molecule has 0 saturated carbocycles. The third-order valence-corrected chi connectivity index (χ3v) is 4.98. The molecule has 0 aliphatic carbocycles. The zero-order valence-corrected chi connectivity index (χ0v) is 17.9. The molecule has 1 atom stereocenters. The summed E-state index contributed by atoms with van der Waals surface area (Å²) in [5.41, 5.74) is 3.05. The SMILES string of the molecule is CCCCNC(=O)[C@@H](C)N(Cc1ccc(OC)cc1)C(=O)Cc1ccc(C)cc1. The van der Waals surface area contributed by atoms with Crippen LogP contribution in [-0.4, -0.2) is 36.4 Å². The Morgan fingerprint density at radius 2 is 1.66 bits per heavy atom. The summed E-state index contributed by atoms with van der Waals surface area (Å²) in [5.74, 6) is 0.573. The molecule has 156 valence electrons. The summed E-state index contributed by atoms with van der Waals surface area (Å²) >= 11 is 0. The van der Waals surface area contributed by atoms with E-state index in [1.165, 1.54) is 0 Å². The second kappa shape index (κ2) is 11.2. The second-order valence-corrected chi connectivity index (χ2v) is 7.35. The molecular weight excluding hydrogens is 364 g/mol. The van der Waals surface area contributed by atoms with Crippen LogP contribution in [0.1, 0.15) is 43.4 Å². The van der Waals surface area contributed by atoms with E-state index in [9.17, 15) is 9.59 Å². The van der Waals surface area contributed by atoms with Gasteiger partial charge in [-0.2, -0.15) is 0 Å². The van der Waals surface area contributed by atoms with Crippen LogP contribution in [0.25, 0.3) is 0 Å². The van der Waals surface area contributed by atoms with Gasteiger partial charge in [0, 0.05) is 13.1 Å². The monoisotopic (exact) mass is 396 g/mol. The van der Waals surface area contributed by atoms with Crippen molar-refractivity contribution < 1.29 is 14.3 Å². The number of hydrogen-bond donors (Lipinski definition) is 1. The third kappa shape index (κ3) is 6.93. The van der Waals surface area contributed by atoms with E-state index >= 15 is 0 Å². The van der Waals surface area contributed by atoms with Crippen LogP contribution in [-0.2, 0) is 22.6 Å². The molecule has 2 aromatic carbocycles. The summed E-state index contributed by atoms with van der Waals surface area (Å²) in [6.07, 6.45) is 2.20. The highest BCUT2D eigenvalue weighted by molar-refractivity contribution is 5.88. The van der Waals surface area contributed by atoms with E-state index in [1.807, 2.05) is 55.5 Å². The molecule has 0 aromatic heterocycles. The summed E-state index contributed by atoms with van der Waals surface area (Å²) in [5, 5.41) is 2.94. The fourth-order valence-electron chi connectivity index (χ4n) is 3.03. The number of rotatable bonds is 10. The molecule has 1 N–H and O–H groups in total. The minimum atomic E-state index is -0.549. The lowest BCUT2D eigenvalue weighted by Crippen LogP contribution is -2.48. The minimum absolute atomic E-state index is 0.0668. The van der Waals surface area contributed by atoms with Gasteiger partial charge in [-0.05, 0) is 43.5 Å². The number of hydrogen-bond acceptors (Lipinski definition) is 3. The van der Waals surface area contributed by atoms with Crippen LogP contribution in [0.3, 0.4) is 0 Å². The number of aryl methyl sites for hydroxylation is 1. The number of carbonyl (C=O) groups is 2. The molecule has 2 rings (SSSR count). The number of carbonyl (C=O) groups excluding carboxylic acids is 2. The quantitative estimate of drug-likeness (QED) is 0.620. The standard InChI is InChI=1S/C24H32N2O3/c1-5-6-15-25-24(28)19(3)26(17-21-11-13-22(29-4)14-12-21)23(27)16-20-9-7-18(2)8-10-20/h7-14,19H,5-6,15-17H2,1-4H3,(H,25,28)/t19-/m1/s1. The molecule has 5 nitrogen and oxygen atoms in total. The highest BCUT2D eigenvalue weighted by atomic mass is 16.5. The average molecular weight is 397 g/mol. The average Bonchev–Trinajstić information content (AvgIpc) is 2.73. The Balaban J connectivity index is 2.16. The summed E-state index contributed by atoms with van der Waals surface area (Å²) in [4.78, 5) is 27.4. The molecule has 0 spiro atoms. The predicted octanol–water partition coefficient (Wildman–Crippen LogP) is 3.88. The third-order valence-electron chi connectivity index (χ3n) is 4.98. The summed E-state index contributed by atoms with van der Waals surface area (Å²) in [7, 11) is 1.62. The van der Waals surface area contributed by atoms with E-state index in [4.69, 9.17) is 4.74 Å². The fourth-order valence-corrected chi connectivity index (χ4v) is 3.03. The van der Waals surface area contributed by atoms with Gasteiger partial charge in [-0.3, -0.25) is 9.59 Å². The van der Waals surface area contributed by atoms with Crippen LogP contribution < -0.4 is 10.1 Å². The highest BCUT2D eigenvalue weighted by Gasteiger charge is 2.26. The molecule has 0 saturated heterocycles. The van der Waals surface area contributed by atoms with Gasteiger partial charge in [-0.25, -0.2) is 0 Å². The Morgan fingerprint density at radius 3 is 2.24 bits per heavy atom. The maximum atomic E-state index is 13.1. The number of nitrogens with zero attached hydrogens (tertiary/aromatic N) is 1. The molecule has 2 amide bonds. The number of ether oxygens (including phenoxy) is 1. The molecule has 0 unspecified atom stereocenters. The second-order valence-electron chi connectivity index (χ2n) is 7.35. The maximum Gasteiger partial charge on any atom is 0.242 e. The number of methoxy groups -OCH3 is 1. The molecule has 0 aliphatic rings. The highest BCUT2D eigenvalue weighted by Crippen LogP contribution is 2.16.